The molecule has 3 rings (SSSR count). The van der Waals surface area contributed by atoms with Gasteiger partial charge in [-0.05, 0) is 18.1 Å². The number of imide groups is 1. The van der Waals surface area contributed by atoms with Crippen LogP contribution in [0, 0.1) is 0 Å². The lowest BCUT2D eigenvalue weighted by molar-refractivity contribution is -0.127. The van der Waals surface area contributed by atoms with Crippen LogP contribution in [0.2, 0.25) is 5.02 Å². The lowest BCUT2D eigenvalue weighted by Gasteiger charge is -2.35. The second-order valence-corrected chi connectivity index (χ2v) is 6.27. The molecule has 0 aromatic heterocycles. The maximum Gasteiger partial charge on any atom is 0.325 e. The summed E-state index contributed by atoms with van der Waals surface area (Å²) in [6.45, 7) is 3.11. The zero-order valence-electron chi connectivity index (χ0n) is 13.6. The van der Waals surface area contributed by atoms with Gasteiger partial charge < -0.3 is 15.1 Å². The van der Waals surface area contributed by atoms with E-state index in [0.717, 1.165) is 12.0 Å². The van der Waals surface area contributed by atoms with Gasteiger partial charge in [0.15, 0.2) is 12.0 Å². The second kappa shape index (κ2) is 6.68. The summed E-state index contributed by atoms with van der Waals surface area (Å²) < 4.78 is 0. The van der Waals surface area contributed by atoms with Gasteiger partial charge in [-0.15, -0.1) is 0 Å². The summed E-state index contributed by atoms with van der Waals surface area (Å²) in [6, 6.07) is 6.55. The van der Waals surface area contributed by atoms with Crippen molar-refractivity contribution in [2.75, 3.05) is 13.6 Å². The number of hydrogen-bond donors (Lipinski definition) is 2. The zero-order chi connectivity index (χ0) is 17.3. The van der Waals surface area contributed by atoms with E-state index >= 15 is 0 Å². The SMILES string of the molecule is CCCN=C1NC2C(C(=O)NC(=O)N2C)N1Cc1ccccc1Cl. The van der Waals surface area contributed by atoms with E-state index in [1.165, 1.54) is 4.90 Å². The molecular formula is C16H20ClN5O2. The van der Waals surface area contributed by atoms with Crippen LogP contribution in [-0.2, 0) is 11.3 Å². The Balaban J connectivity index is 1.94. The Labute approximate surface area is 145 Å². The quantitative estimate of drug-likeness (QED) is 0.861. The highest BCUT2D eigenvalue weighted by atomic mass is 35.5. The van der Waals surface area contributed by atoms with Crippen LogP contribution in [0.25, 0.3) is 0 Å². The first-order valence-corrected chi connectivity index (χ1v) is 8.29. The summed E-state index contributed by atoms with van der Waals surface area (Å²) in [5.41, 5.74) is 0.901. The fourth-order valence-electron chi connectivity index (χ4n) is 2.92. The fraction of sp³-hybridized carbons (Fsp3) is 0.438. The number of hydrogen-bond acceptors (Lipinski definition) is 3. The number of carbonyl (C=O) groups is 2. The molecule has 0 aliphatic carbocycles. The van der Waals surface area contributed by atoms with E-state index in [-0.39, 0.29) is 5.91 Å². The number of fused-ring (bicyclic) bond motifs is 1. The predicted octanol–water partition coefficient (Wildman–Crippen LogP) is 1.39. The molecule has 1 aromatic carbocycles. The second-order valence-electron chi connectivity index (χ2n) is 5.86. The van der Waals surface area contributed by atoms with E-state index in [1.54, 1.807) is 7.05 Å². The predicted molar refractivity (Wildman–Crippen MR) is 91.6 cm³/mol. The Morgan fingerprint density at radius 1 is 1.29 bits per heavy atom. The van der Waals surface area contributed by atoms with Gasteiger partial charge in [-0.25, -0.2) is 4.79 Å². The molecule has 24 heavy (non-hydrogen) atoms. The van der Waals surface area contributed by atoms with Crippen molar-refractivity contribution in [1.29, 1.82) is 0 Å². The molecule has 2 aliphatic rings. The Morgan fingerprint density at radius 3 is 2.75 bits per heavy atom. The molecule has 7 nitrogen and oxygen atoms in total. The minimum atomic E-state index is -0.542. The number of carbonyl (C=O) groups excluding carboxylic acids is 2. The van der Waals surface area contributed by atoms with Crippen LogP contribution in [0.1, 0.15) is 18.9 Å². The summed E-state index contributed by atoms with van der Waals surface area (Å²) in [6.07, 6.45) is 0.450. The van der Waals surface area contributed by atoms with E-state index in [2.05, 4.69) is 15.6 Å². The lowest BCUT2D eigenvalue weighted by atomic mass is 10.1. The van der Waals surface area contributed by atoms with E-state index in [1.807, 2.05) is 36.1 Å². The van der Waals surface area contributed by atoms with Gasteiger partial charge in [-0.1, -0.05) is 36.7 Å². The van der Waals surface area contributed by atoms with Gasteiger partial charge in [-0.3, -0.25) is 15.1 Å². The van der Waals surface area contributed by atoms with Crippen LogP contribution in [0.4, 0.5) is 4.79 Å². The van der Waals surface area contributed by atoms with Gasteiger partial charge in [0.2, 0.25) is 0 Å². The molecule has 1 aromatic rings. The third-order valence-electron chi connectivity index (χ3n) is 4.20. The molecule has 2 atom stereocenters. The Kier molecular flexibility index (Phi) is 4.62. The van der Waals surface area contributed by atoms with Crippen molar-refractivity contribution in [1.82, 2.24) is 20.4 Å². The number of nitrogens with zero attached hydrogens (tertiary/aromatic N) is 3. The standard InChI is InChI=1S/C16H20ClN5O2/c1-3-8-18-15-19-13-12(14(23)20-16(24)21(13)2)22(15)9-10-6-4-5-7-11(10)17/h4-7,12-13H,3,8-9H2,1-2H3,(H,18,19)(H,20,23,24). The maximum absolute atomic E-state index is 12.4. The largest absolute Gasteiger partial charge is 0.333 e. The van der Waals surface area contributed by atoms with E-state index < -0.39 is 18.2 Å². The van der Waals surface area contributed by atoms with Crippen molar-refractivity contribution >= 4 is 29.5 Å². The number of aliphatic imine (C=N–C) groups is 1. The minimum absolute atomic E-state index is 0.329. The van der Waals surface area contributed by atoms with Gasteiger partial charge >= 0.3 is 6.03 Å². The molecule has 2 fully saturated rings. The summed E-state index contributed by atoms with van der Waals surface area (Å²) in [7, 11) is 1.66. The van der Waals surface area contributed by atoms with Crippen molar-refractivity contribution in [3.05, 3.63) is 34.9 Å². The van der Waals surface area contributed by atoms with Crippen LogP contribution in [0.3, 0.4) is 0 Å². The van der Waals surface area contributed by atoms with Crippen molar-refractivity contribution in [2.45, 2.75) is 32.1 Å². The van der Waals surface area contributed by atoms with Crippen LogP contribution >= 0.6 is 11.6 Å². The van der Waals surface area contributed by atoms with Crippen molar-refractivity contribution < 1.29 is 9.59 Å². The average Bonchev–Trinajstić information content (AvgIpc) is 2.92. The van der Waals surface area contributed by atoms with Crippen LogP contribution in [0.15, 0.2) is 29.3 Å². The molecule has 2 aliphatic heterocycles. The Morgan fingerprint density at radius 2 is 2.04 bits per heavy atom. The first-order chi connectivity index (χ1) is 11.5. The summed E-state index contributed by atoms with van der Waals surface area (Å²) in [5.74, 6) is 0.285. The van der Waals surface area contributed by atoms with Crippen LogP contribution in [-0.4, -0.2) is 53.5 Å². The summed E-state index contributed by atoms with van der Waals surface area (Å²) in [5, 5.41) is 6.23. The molecule has 2 heterocycles. The molecule has 2 saturated heterocycles. The molecule has 0 spiro atoms. The number of guanidine groups is 1. The highest BCUT2D eigenvalue weighted by Gasteiger charge is 2.49. The van der Waals surface area contributed by atoms with Gasteiger partial charge in [0, 0.05) is 25.2 Å². The smallest absolute Gasteiger partial charge is 0.325 e. The monoisotopic (exact) mass is 349 g/mol. The van der Waals surface area contributed by atoms with Gasteiger partial charge in [0.25, 0.3) is 5.91 Å². The number of benzene rings is 1. The number of nitrogens with one attached hydrogen (secondary N) is 2. The number of rotatable bonds is 4. The number of amides is 3. The zero-order valence-corrected chi connectivity index (χ0v) is 14.4. The molecule has 128 valence electrons. The molecule has 0 saturated carbocycles. The highest BCUT2D eigenvalue weighted by molar-refractivity contribution is 6.31. The van der Waals surface area contributed by atoms with E-state index in [0.29, 0.717) is 24.1 Å². The number of halogens is 1. The van der Waals surface area contributed by atoms with Crippen molar-refractivity contribution in [3.8, 4) is 0 Å². The minimum Gasteiger partial charge on any atom is -0.333 e. The third kappa shape index (κ3) is 2.91. The summed E-state index contributed by atoms with van der Waals surface area (Å²) >= 11 is 6.27. The van der Waals surface area contributed by atoms with Gasteiger partial charge in [0.05, 0.1) is 0 Å². The molecular weight excluding hydrogens is 330 g/mol. The normalized spacial score (nSPS) is 24.9. The molecule has 0 bridgehead atoms. The Hall–Kier alpha value is -2.28. The van der Waals surface area contributed by atoms with Crippen LogP contribution < -0.4 is 10.6 Å². The summed E-state index contributed by atoms with van der Waals surface area (Å²) in [4.78, 5) is 32.2. The highest BCUT2D eigenvalue weighted by Crippen LogP contribution is 2.25. The maximum atomic E-state index is 12.4. The third-order valence-corrected chi connectivity index (χ3v) is 4.57. The van der Waals surface area contributed by atoms with Gasteiger partial charge in [-0.2, -0.15) is 0 Å². The molecule has 2 N–H and O–H groups in total. The molecule has 2 unspecified atom stereocenters. The molecule has 0 radical (unpaired) electrons. The van der Waals surface area contributed by atoms with Crippen molar-refractivity contribution in [2.24, 2.45) is 4.99 Å². The first-order valence-electron chi connectivity index (χ1n) is 7.91. The van der Waals surface area contributed by atoms with Crippen LogP contribution in [0.5, 0.6) is 0 Å². The van der Waals surface area contributed by atoms with E-state index in [4.69, 9.17) is 11.6 Å². The fourth-order valence-corrected chi connectivity index (χ4v) is 3.12. The topological polar surface area (TPSA) is 77.0 Å². The molecule has 3 amide bonds. The number of urea groups is 1. The van der Waals surface area contributed by atoms with Crippen molar-refractivity contribution in [3.63, 3.8) is 0 Å². The first kappa shape index (κ1) is 16.6. The number of likely N-dealkylation sites (N-methyl/N-ethyl adjacent to an activating group) is 1. The average molecular weight is 350 g/mol. The molecule has 8 heteroatoms. The van der Waals surface area contributed by atoms with Gasteiger partial charge in [0.1, 0.15) is 6.17 Å². The Bertz CT molecular complexity index is 693. The lowest BCUT2D eigenvalue weighted by Crippen LogP contribution is -2.64. The van der Waals surface area contributed by atoms with E-state index in [9.17, 15) is 9.59 Å².